The fourth-order valence-electron chi connectivity index (χ4n) is 2.33. The molecule has 0 saturated carbocycles. The summed E-state index contributed by atoms with van der Waals surface area (Å²) in [5.41, 5.74) is 2.60. The molecule has 2 heterocycles. The van der Waals surface area contributed by atoms with E-state index < -0.39 is 0 Å². The first-order valence-corrected chi connectivity index (χ1v) is 6.59. The van der Waals surface area contributed by atoms with Crippen LogP contribution in [0, 0.1) is 12.8 Å². The number of fused-ring (bicyclic) bond motifs is 1. The minimum atomic E-state index is -0.0253. The first kappa shape index (κ1) is 17.7. The van der Waals surface area contributed by atoms with E-state index in [0.717, 1.165) is 36.1 Å². The molecule has 0 aliphatic carbocycles. The minimum Gasteiger partial charge on any atom is -0.352 e. The van der Waals surface area contributed by atoms with Crippen LogP contribution < -0.4 is 10.6 Å². The summed E-state index contributed by atoms with van der Waals surface area (Å²) in [6.45, 7) is 4.70. The smallest absolute Gasteiger partial charge is 0.253 e. The van der Waals surface area contributed by atoms with Crippen molar-refractivity contribution in [3.8, 4) is 0 Å². The maximum atomic E-state index is 12.2. The highest BCUT2D eigenvalue weighted by atomic mass is 35.5. The molecule has 1 amide bonds. The predicted molar refractivity (Wildman–Crippen MR) is 89.7 cm³/mol. The Hall–Kier alpha value is -1.36. The van der Waals surface area contributed by atoms with E-state index in [1.165, 1.54) is 0 Å². The Morgan fingerprint density at radius 1 is 1.33 bits per heavy atom. The molecule has 6 heteroatoms. The van der Waals surface area contributed by atoms with Crippen LogP contribution in [0.5, 0.6) is 0 Å². The summed E-state index contributed by atoms with van der Waals surface area (Å²) in [6.07, 6.45) is 1.67. The van der Waals surface area contributed by atoms with Crippen LogP contribution in [0.1, 0.15) is 15.9 Å². The average Bonchev–Trinajstić information content (AvgIpc) is 2.37. The highest BCUT2D eigenvalue weighted by Gasteiger charge is 2.18. The molecular formula is C15H19Cl2N3O. The number of amides is 1. The molecular weight excluding hydrogens is 309 g/mol. The topological polar surface area (TPSA) is 54.0 Å². The Kier molecular flexibility index (Phi) is 6.40. The van der Waals surface area contributed by atoms with Crippen LogP contribution in [0.2, 0.25) is 0 Å². The first-order chi connectivity index (χ1) is 9.25. The van der Waals surface area contributed by atoms with Gasteiger partial charge in [-0.05, 0) is 18.6 Å². The third-order valence-electron chi connectivity index (χ3n) is 3.71. The van der Waals surface area contributed by atoms with Crippen LogP contribution in [0.25, 0.3) is 10.9 Å². The minimum absolute atomic E-state index is 0. The van der Waals surface area contributed by atoms with E-state index in [-0.39, 0.29) is 30.7 Å². The summed E-state index contributed by atoms with van der Waals surface area (Å²) in [7, 11) is 0. The van der Waals surface area contributed by atoms with Gasteiger partial charge in [-0.25, -0.2) is 0 Å². The van der Waals surface area contributed by atoms with Gasteiger partial charge in [0.15, 0.2) is 0 Å². The number of benzene rings is 1. The van der Waals surface area contributed by atoms with Crippen molar-refractivity contribution >= 4 is 41.6 Å². The molecule has 0 spiro atoms. The maximum absolute atomic E-state index is 12.2. The van der Waals surface area contributed by atoms with E-state index in [0.29, 0.717) is 11.5 Å². The number of nitrogens with zero attached hydrogens (tertiary/aromatic N) is 1. The second-order valence-corrected chi connectivity index (χ2v) is 5.05. The fraction of sp³-hybridized carbons (Fsp3) is 0.333. The van der Waals surface area contributed by atoms with Gasteiger partial charge in [-0.1, -0.05) is 18.2 Å². The van der Waals surface area contributed by atoms with Crippen molar-refractivity contribution < 1.29 is 4.79 Å². The van der Waals surface area contributed by atoms with Gasteiger partial charge in [-0.2, -0.15) is 0 Å². The first-order valence-electron chi connectivity index (χ1n) is 6.59. The molecule has 0 bridgehead atoms. The fourth-order valence-corrected chi connectivity index (χ4v) is 2.33. The van der Waals surface area contributed by atoms with E-state index in [2.05, 4.69) is 15.6 Å². The van der Waals surface area contributed by atoms with E-state index in [1.54, 1.807) is 6.20 Å². The molecule has 1 aromatic carbocycles. The molecule has 3 rings (SSSR count). The number of nitrogens with one attached hydrogen (secondary N) is 2. The molecule has 1 saturated heterocycles. The van der Waals surface area contributed by atoms with Crippen LogP contribution in [0.15, 0.2) is 30.5 Å². The van der Waals surface area contributed by atoms with Crippen LogP contribution in [-0.4, -0.2) is 30.5 Å². The van der Waals surface area contributed by atoms with E-state index in [1.807, 2.05) is 31.2 Å². The third-order valence-corrected chi connectivity index (χ3v) is 3.71. The molecule has 1 aromatic heterocycles. The van der Waals surface area contributed by atoms with Crippen LogP contribution >= 0.6 is 24.8 Å². The van der Waals surface area contributed by atoms with Gasteiger partial charge in [0.2, 0.25) is 0 Å². The monoisotopic (exact) mass is 327 g/mol. The lowest BCUT2D eigenvalue weighted by molar-refractivity contribution is 0.0941. The number of pyridine rings is 1. The molecule has 1 aliphatic heterocycles. The predicted octanol–water partition coefficient (Wildman–Crippen LogP) is 2.34. The van der Waals surface area contributed by atoms with Gasteiger partial charge in [0.1, 0.15) is 0 Å². The Bertz CT molecular complexity index is 629. The maximum Gasteiger partial charge on any atom is 0.253 e. The summed E-state index contributed by atoms with van der Waals surface area (Å²) >= 11 is 0. The summed E-state index contributed by atoms with van der Waals surface area (Å²) < 4.78 is 0. The molecule has 1 aliphatic rings. The number of aryl methyl sites for hydroxylation is 1. The zero-order valence-electron chi connectivity index (χ0n) is 11.8. The van der Waals surface area contributed by atoms with Crippen LogP contribution in [0.4, 0.5) is 0 Å². The summed E-state index contributed by atoms with van der Waals surface area (Å²) in [5.74, 6) is 0.542. The summed E-state index contributed by atoms with van der Waals surface area (Å²) in [4.78, 5) is 16.5. The van der Waals surface area contributed by atoms with Gasteiger partial charge >= 0.3 is 0 Å². The highest BCUT2D eigenvalue weighted by Crippen LogP contribution is 2.19. The highest BCUT2D eigenvalue weighted by molar-refractivity contribution is 5.99. The van der Waals surface area contributed by atoms with Gasteiger partial charge in [0.25, 0.3) is 5.91 Å². The summed E-state index contributed by atoms with van der Waals surface area (Å²) in [5, 5.41) is 7.23. The Labute approximate surface area is 136 Å². The SMILES string of the molecule is Cc1c(C(=O)NCC2CNC2)cnc2ccccc12.Cl.Cl. The Balaban J connectivity index is 0.00000110. The molecule has 4 nitrogen and oxygen atoms in total. The number of hydrogen-bond acceptors (Lipinski definition) is 3. The van der Waals surface area contributed by atoms with Crippen molar-refractivity contribution in [3.63, 3.8) is 0 Å². The number of carbonyl (C=O) groups is 1. The number of aromatic nitrogens is 1. The molecule has 1 fully saturated rings. The van der Waals surface area contributed by atoms with E-state index in [9.17, 15) is 4.79 Å². The lowest BCUT2D eigenvalue weighted by Gasteiger charge is -2.27. The molecule has 2 aromatic rings. The average molecular weight is 328 g/mol. The van der Waals surface area contributed by atoms with Gasteiger partial charge in [0.05, 0.1) is 11.1 Å². The summed E-state index contributed by atoms with van der Waals surface area (Å²) in [6, 6.07) is 7.89. The zero-order valence-corrected chi connectivity index (χ0v) is 13.4. The van der Waals surface area contributed by atoms with Crippen molar-refractivity contribution in [2.24, 2.45) is 5.92 Å². The van der Waals surface area contributed by atoms with Crippen molar-refractivity contribution in [1.29, 1.82) is 0 Å². The number of halogens is 2. The van der Waals surface area contributed by atoms with E-state index >= 15 is 0 Å². The number of para-hydroxylation sites is 1. The standard InChI is InChI=1S/C15H17N3O.2ClH/c1-10-12-4-2-3-5-14(12)17-9-13(10)15(19)18-8-11-6-16-7-11;;/h2-5,9,11,16H,6-8H2,1H3,(H,18,19);2*1H. The number of hydrogen-bond donors (Lipinski definition) is 2. The Morgan fingerprint density at radius 2 is 2.05 bits per heavy atom. The third kappa shape index (κ3) is 3.64. The van der Waals surface area contributed by atoms with Gasteiger partial charge < -0.3 is 10.6 Å². The van der Waals surface area contributed by atoms with Crippen LogP contribution in [0.3, 0.4) is 0 Å². The van der Waals surface area contributed by atoms with E-state index in [4.69, 9.17) is 0 Å². The van der Waals surface area contributed by atoms with Crippen LogP contribution in [-0.2, 0) is 0 Å². The number of carbonyl (C=O) groups excluding carboxylic acids is 1. The second kappa shape index (κ2) is 7.59. The normalized spacial score (nSPS) is 13.8. The molecule has 2 N–H and O–H groups in total. The van der Waals surface area contributed by atoms with Crippen molar-refractivity contribution in [2.45, 2.75) is 6.92 Å². The number of rotatable bonds is 3. The quantitative estimate of drug-likeness (QED) is 0.909. The largest absolute Gasteiger partial charge is 0.352 e. The zero-order chi connectivity index (χ0) is 13.2. The van der Waals surface area contributed by atoms with Gasteiger partial charge in [0, 0.05) is 37.1 Å². The lowest BCUT2D eigenvalue weighted by Crippen LogP contribution is -2.48. The van der Waals surface area contributed by atoms with Crippen molar-refractivity contribution in [3.05, 3.63) is 41.6 Å². The molecule has 0 atom stereocenters. The van der Waals surface area contributed by atoms with Gasteiger partial charge in [-0.15, -0.1) is 24.8 Å². The van der Waals surface area contributed by atoms with Crippen molar-refractivity contribution in [1.82, 2.24) is 15.6 Å². The van der Waals surface area contributed by atoms with Gasteiger partial charge in [-0.3, -0.25) is 9.78 Å². The molecule has 0 unspecified atom stereocenters. The Morgan fingerprint density at radius 3 is 2.71 bits per heavy atom. The molecule has 114 valence electrons. The molecule has 21 heavy (non-hydrogen) atoms. The van der Waals surface area contributed by atoms with Crippen molar-refractivity contribution in [2.75, 3.05) is 19.6 Å². The molecule has 0 radical (unpaired) electrons. The second-order valence-electron chi connectivity index (χ2n) is 5.05. The lowest BCUT2D eigenvalue weighted by atomic mass is 10.0.